The van der Waals surface area contributed by atoms with Crippen molar-refractivity contribution in [2.75, 3.05) is 4.72 Å². The molecule has 0 aliphatic carbocycles. The number of sulfonamides is 1. The van der Waals surface area contributed by atoms with E-state index in [9.17, 15) is 8.42 Å². The zero-order valence-electron chi connectivity index (χ0n) is 11.4. The molecule has 1 heterocycles. The fourth-order valence-corrected chi connectivity index (χ4v) is 3.24. The maximum atomic E-state index is 12.5. The van der Waals surface area contributed by atoms with Crippen molar-refractivity contribution < 1.29 is 8.42 Å². The third kappa shape index (κ3) is 2.97. The lowest BCUT2D eigenvalue weighted by Gasteiger charge is -2.12. The van der Waals surface area contributed by atoms with Crippen molar-refractivity contribution >= 4 is 15.7 Å². The number of benzene rings is 1. The molecule has 0 atom stereocenters. The predicted molar refractivity (Wildman–Crippen MR) is 78.9 cm³/mol. The predicted octanol–water partition coefficient (Wildman–Crippen LogP) is 1.96. The van der Waals surface area contributed by atoms with E-state index in [2.05, 4.69) is 9.71 Å². The molecule has 0 spiro atoms. The molecular formula is C14H17N3O2S. The number of nitrogens with two attached hydrogens (primary N) is 1. The number of hydrogen-bond donors (Lipinski definition) is 2. The average molecular weight is 291 g/mol. The Morgan fingerprint density at radius 2 is 1.95 bits per heavy atom. The summed E-state index contributed by atoms with van der Waals surface area (Å²) in [6.07, 6.45) is 3.11. The molecule has 1 aromatic carbocycles. The Kier molecular flexibility index (Phi) is 4.06. The largest absolute Gasteiger partial charge is 0.326 e. The van der Waals surface area contributed by atoms with Crippen LogP contribution in [0.1, 0.15) is 16.7 Å². The van der Waals surface area contributed by atoms with E-state index in [0.717, 1.165) is 11.1 Å². The van der Waals surface area contributed by atoms with E-state index in [1.165, 1.54) is 6.20 Å². The number of nitrogens with zero attached hydrogens (tertiary/aromatic N) is 1. The van der Waals surface area contributed by atoms with Crippen molar-refractivity contribution in [3.05, 3.63) is 53.3 Å². The van der Waals surface area contributed by atoms with Crippen LogP contribution >= 0.6 is 0 Å². The van der Waals surface area contributed by atoms with Crippen LogP contribution in [-0.4, -0.2) is 13.4 Å². The van der Waals surface area contributed by atoms with E-state index in [-0.39, 0.29) is 4.90 Å². The van der Waals surface area contributed by atoms with Crippen LogP contribution in [0.5, 0.6) is 0 Å². The van der Waals surface area contributed by atoms with Gasteiger partial charge in [-0.15, -0.1) is 0 Å². The average Bonchev–Trinajstić information content (AvgIpc) is 2.41. The second kappa shape index (κ2) is 5.60. The standard InChI is InChI=1S/C14H17N3O2S/c1-10-5-6-16-9-13(10)17-20(18,19)14-7-12(8-15)4-3-11(14)2/h3-7,9,17H,8,15H2,1-2H3. The number of anilines is 1. The Balaban J connectivity index is 2.43. The van der Waals surface area contributed by atoms with Gasteiger partial charge >= 0.3 is 0 Å². The van der Waals surface area contributed by atoms with E-state index in [1.807, 2.05) is 13.0 Å². The summed E-state index contributed by atoms with van der Waals surface area (Å²) in [5.74, 6) is 0. The van der Waals surface area contributed by atoms with Crippen molar-refractivity contribution in [1.29, 1.82) is 0 Å². The van der Waals surface area contributed by atoms with Crippen molar-refractivity contribution in [1.82, 2.24) is 4.98 Å². The molecule has 0 aliphatic heterocycles. The summed E-state index contributed by atoms with van der Waals surface area (Å²) in [6, 6.07) is 6.93. The summed E-state index contributed by atoms with van der Waals surface area (Å²) in [6.45, 7) is 3.88. The van der Waals surface area contributed by atoms with E-state index in [1.54, 1.807) is 31.3 Å². The zero-order valence-corrected chi connectivity index (χ0v) is 12.2. The molecule has 2 rings (SSSR count). The highest BCUT2D eigenvalue weighted by atomic mass is 32.2. The van der Waals surface area contributed by atoms with Crippen molar-refractivity contribution in [3.63, 3.8) is 0 Å². The third-order valence-corrected chi connectivity index (χ3v) is 4.57. The molecule has 1 aromatic heterocycles. The second-order valence-electron chi connectivity index (χ2n) is 4.60. The minimum atomic E-state index is -3.64. The molecule has 0 saturated carbocycles. The molecule has 2 aromatic rings. The van der Waals surface area contributed by atoms with Gasteiger partial charge in [-0.3, -0.25) is 9.71 Å². The van der Waals surface area contributed by atoms with Gasteiger partial charge in [-0.25, -0.2) is 8.42 Å². The summed E-state index contributed by atoms with van der Waals surface area (Å²) in [5.41, 5.74) is 8.31. The number of aryl methyl sites for hydroxylation is 2. The lowest BCUT2D eigenvalue weighted by Crippen LogP contribution is -2.15. The van der Waals surface area contributed by atoms with Gasteiger partial charge in [0.2, 0.25) is 0 Å². The molecule has 106 valence electrons. The maximum Gasteiger partial charge on any atom is 0.262 e. The number of nitrogens with one attached hydrogen (secondary N) is 1. The lowest BCUT2D eigenvalue weighted by molar-refractivity contribution is 0.600. The highest BCUT2D eigenvalue weighted by molar-refractivity contribution is 7.92. The SMILES string of the molecule is Cc1ccncc1NS(=O)(=O)c1cc(CN)ccc1C. The molecule has 5 nitrogen and oxygen atoms in total. The molecule has 0 unspecified atom stereocenters. The van der Waals surface area contributed by atoms with Gasteiger partial charge in [-0.05, 0) is 42.7 Å². The van der Waals surface area contributed by atoms with Crippen LogP contribution in [0.2, 0.25) is 0 Å². The van der Waals surface area contributed by atoms with Gasteiger partial charge in [0, 0.05) is 12.7 Å². The quantitative estimate of drug-likeness (QED) is 0.901. The van der Waals surface area contributed by atoms with E-state index < -0.39 is 10.0 Å². The Hall–Kier alpha value is -1.92. The summed E-state index contributed by atoms with van der Waals surface area (Å²) in [4.78, 5) is 4.17. The first-order valence-electron chi connectivity index (χ1n) is 6.17. The normalized spacial score (nSPS) is 11.3. The Morgan fingerprint density at radius 1 is 1.20 bits per heavy atom. The monoisotopic (exact) mass is 291 g/mol. The zero-order chi connectivity index (χ0) is 14.8. The van der Waals surface area contributed by atoms with Gasteiger partial charge in [0.15, 0.2) is 0 Å². The summed E-state index contributed by atoms with van der Waals surface area (Å²) in [5, 5.41) is 0. The van der Waals surface area contributed by atoms with Gasteiger partial charge in [0.05, 0.1) is 16.8 Å². The van der Waals surface area contributed by atoms with Gasteiger partial charge < -0.3 is 5.73 Å². The smallest absolute Gasteiger partial charge is 0.262 e. The molecule has 0 bridgehead atoms. The van der Waals surface area contributed by atoms with E-state index >= 15 is 0 Å². The van der Waals surface area contributed by atoms with Crippen molar-refractivity contribution in [2.45, 2.75) is 25.3 Å². The fraction of sp³-hybridized carbons (Fsp3) is 0.214. The van der Waals surface area contributed by atoms with Gasteiger partial charge in [0.25, 0.3) is 10.0 Å². The summed E-state index contributed by atoms with van der Waals surface area (Å²) in [7, 11) is -3.64. The molecule has 6 heteroatoms. The topological polar surface area (TPSA) is 85.1 Å². The first kappa shape index (κ1) is 14.5. The van der Waals surface area contributed by atoms with Crippen molar-refractivity contribution in [2.24, 2.45) is 5.73 Å². The number of rotatable bonds is 4. The fourth-order valence-electron chi connectivity index (χ4n) is 1.83. The first-order valence-corrected chi connectivity index (χ1v) is 7.65. The van der Waals surface area contributed by atoms with Crippen LogP contribution in [0.15, 0.2) is 41.6 Å². The second-order valence-corrected chi connectivity index (χ2v) is 6.25. The maximum absolute atomic E-state index is 12.5. The van der Waals surface area contributed by atoms with E-state index in [4.69, 9.17) is 5.73 Å². The van der Waals surface area contributed by atoms with Gasteiger partial charge in [0.1, 0.15) is 0 Å². The van der Waals surface area contributed by atoms with Crippen LogP contribution in [0, 0.1) is 13.8 Å². The molecule has 0 amide bonds. The van der Waals surface area contributed by atoms with Crippen LogP contribution in [0.4, 0.5) is 5.69 Å². The molecule has 0 fully saturated rings. The Morgan fingerprint density at radius 3 is 2.60 bits per heavy atom. The van der Waals surface area contributed by atoms with Crippen molar-refractivity contribution in [3.8, 4) is 0 Å². The third-order valence-electron chi connectivity index (χ3n) is 3.06. The van der Waals surface area contributed by atoms with Crippen LogP contribution in [0.3, 0.4) is 0 Å². The highest BCUT2D eigenvalue weighted by Crippen LogP contribution is 2.22. The lowest BCUT2D eigenvalue weighted by atomic mass is 10.1. The Bertz CT molecular complexity index is 727. The summed E-state index contributed by atoms with van der Waals surface area (Å²) < 4.78 is 27.5. The molecule has 3 N–H and O–H groups in total. The first-order chi connectivity index (χ1) is 9.44. The Labute approximate surface area is 118 Å². The number of aromatic nitrogens is 1. The molecule has 20 heavy (non-hydrogen) atoms. The van der Waals surface area contributed by atoms with Crippen LogP contribution in [-0.2, 0) is 16.6 Å². The highest BCUT2D eigenvalue weighted by Gasteiger charge is 2.18. The molecular weight excluding hydrogens is 274 g/mol. The molecule has 0 saturated heterocycles. The molecule has 0 radical (unpaired) electrons. The van der Waals surface area contributed by atoms with Crippen LogP contribution < -0.4 is 10.5 Å². The minimum Gasteiger partial charge on any atom is -0.326 e. The number of pyridine rings is 1. The van der Waals surface area contributed by atoms with Gasteiger partial charge in [-0.2, -0.15) is 0 Å². The minimum absolute atomic E-state index is 0.240. The summed E-state index contributed by atoms with van der Waals surface area (Å²) >= 11 is 0. The number of hydrogen-bond acceptors (Lipinski definition) is 4. The molecule has 0 aliphatic rings. The van der Waals surface area contributed by atoms with E-state index in [0.29, 0.717) is 17.8 Å². The van der Waals surface area contributed by atoms with Gasteiger partial charge in [-0.1, -0.05) is 12.1 Å². The van der Waals surface area contributed by atoms with Crippen LogP contribution in [0.25, 0.3) is 0 Å².